The molecule has 88 heavy (non-hydrogen) atoms. The van der Waals surface area contributed by atoms with Crippen molar-refractivity contribution in [2.75, 3.05) is 63.2 Å². The van der Waals surface area contributed by atoms with Gasteiger partial charge in [0.25, 0.3) is 0 Å². The molecule has 0 radical (unpaired) electrons. The Hall–Kier alpha value is -8.02. The van der Waals surface area contributed by atoms with Crippen LogP contribution in [0.5, 0.6) is 23.0 Å². The van der Waals surface area contributed by atoms with Gasteiger partial charge in [-0.1, -0.05) is 0 Å². The average Bonchev–Trinajstić information content (AvgIpc) is 0.860. The highest BCUT2D eigenvalue weighted by Gasteiger charge is 2.76. The standard InChI is InChI=1S/C23H16F14N2O2.C18H14F6N2O.C8H14N2.C6H12N2.C2H4/c1-38-16(18(24,25)20(28,29)22(32,33)34)12-3-7-14(8-4-12)40-11-41-15-9-5-13(6-10-15)17(39-2)19(26,27)21(30,31)23(35,36)37;1-25-15(17(19,20)21)11-3-7-13(8-4-11)27-14-9-5-12(6-10-14)16(26-2)18(22,23)24;1-9-7-5-3-4-6-8(7)10-2;1-5(7-3)6(2)8-4;1-2/h3-10H,11H2,1-2H3;3-10H,1-2H3;3-6H2,1-2H3;1-4H3;1-2H2. The molecule has 0 aliphatic heterocycles. The quantitative estimate of drug-likeness (QED) is 0.0509. The molecule has 0 heterocycles. The fourth-order valence-electron chi connectivity index (χ4n) is 7.15. The van der Waals surface area contributed by atoms with Crippen LogP contribution in [0.3, 0.4) is 0 Å². The maximum atomic E-state index is 14.0. The number of benzene rings is 4. The summed E-state index contributed by atoms with van der Waals surface area (Å²) >= 11 is 0. The van der Waals surface area contributed by atoms with Gasteiger partial charge in [-0.15, -0.1) is 13.2 Å². The molecule has 4 aromatic carbocycles. The van der Waals surface area contributed by atoms with Crippen LogP contribution in [0.25, 0.3) is 0 Å². The first kappa shape index (κ1) is 78.0. The van der Waals surface area contributed by atoms with E-state index >= 15 is 0 Å². The molecule has 1 fully saturated rings. The SMILES string of the molecule is C=C.CN=C(C)C(C)=NC.CN=C(c1ccc(OCOc2ccc(C(=NC)C(F)(F)C(F)(F)C(F)(F)F)cc2)cc1)C(F)(F)C(F)(F)C(F)(F)F.CN=C(c1ccc(Oc2ccc(C(=NC)C(F)(F)F)cc2)cc1)C(F)(F)F.CN=C1CCCCC1=NC. The predicted molar refractivity (Wildman–Crippen MR) is 300 cm³/mol. The van der Waals surface area contributed by atoms with Crippen molar-refractivity contribution in [2.45, 2.75) is 87.9 Å². The van der Waals surface area contributed by atoms with E-state index in [1.54, 1.807) is 14.1 Å². The fraction of sp³-hybridized carbons (Fsp3) is 0.404. The smallest absolute Gasteiger partial charge is 0.458 e. The number of nitrogens with zero attached hydrogens (tertiary/aromatic N) is 8. The van der Waals surface area contributed by atoms with Gasteiger partial charge < -0.3 is 14.2 Å². The van der Waals surface area contributed by atoms with Gasteiger partial charge in [0.15, 0.2) is 0 Å². The van der Waals surface area contributed by atoms with Gasteiger partial charge in [-0.25, -0.2) is 0 Å². The summed E-state index contributed by atoms with van der Waals surface area (Å²) in [6.45, 7) is 9.19. The number of hydrogen-bond acceptors (Lipinski definition) is 11. The number of ether oxygens (including phenoxy) is 3. The highest BCUT2D eigenvalue weighted by molar-refractivity contribution is 6.42. The number of hydrogen-bond donors (Lipinski definition) is 0. The molecular formula is C57H60F20N8O3. The van der Waals surface area contributed by atoms with E-state index in [9.17, 15) is 87.8 Å². The lowest BCUT2D eigenvalue weighted by Crippen LogP contribution is -2.56. The number of aliphatic imine (C=N–C) groups is 8. The summed E-state index contributed by atoms with van der Waals surface area (Å²) in [5, 5.41) is 0. The van der Waals surface area contributed by atoms with Crippen molar-refractivity contribution < 1.29 is 102 Å². The Morgan fingerprint density at radius 1 is 0.364 bits per heavy atom. The summed E-state index contributed by atoms with van der Waals surface area (Å²) in [5.41, 5.74) is -3.16. The van der Waals surface area contributed by atoms with Gasteiger partial charge in [0.05, 0.1) is 22.8 Å². The Kier molecular flexibility index (Phi) is 29.6. The minimum atomic E-state index is -6.58. The van der Waals surface area contributed by atoms with Crippen LogP contribution >= 0.6 is 0 Å². The molecule has 31 heteroatoms. The Morgan fingerprint density at radius 3 is 0.807 bits per heavy atom. The molecule has 4 aromatic rings. The second-order valence-electron chi connectivity index (χ2n) is 17.3. The van der Waals surface area contributed by atoms with Gasteiger partial charge >= 0.3 is 48.4 Å². The van der Waals surface area contributed by atoms with Crippen LogP contribution in [0.4, 0.5) is 87.8 Å². The Labute approximate surface area is 493 Å². The molecule has 0 bridgehead atoms. The topological polar surface area (TPSA) is 127 Å². The molecule has 11 nitrogen and oxygen atoms in total. The van der Waals surface area contributed by atoms with Crippen LogP contribution in [0.2, 0.25) is 0 Å². The van der Waals surface area contributed by atoms with Crippen LogP contribution in [0.15, 0.2) is 150 Å². The zero-order valence-electron chi connectivity index (χ0n) is 48.5. The number of alkyl halides is 20. The molecule has 1 aliphatic rings. The van der Waals surface area contributed by atoms with Gasteiger partial charge in [-0.3, -0.25) is 39.9 Å². The minimum absolute atomic E-state index is 0.123. The number of halogens is 20. The molecule has 0 aromatic heterocycles. The third-order valence-corrected chi connectivity index (χ3v) is 11.9. The van der Waals surface area contributed by atoms with Gasteiger partial charge in [0.1, 0.15) is 45.8 Å². The monoisotopic (exact) mass is 1280 g/mol. The van der Waals surface area contributed by atoms with Crippen LogP contribution in [-0.2, 0) is 0 Å². The van der Waals surface area contributed by atoms with Crippen molar-refractivity contribution in [3.8, 4) is 23.0 Å². The van der Waals surface area contributed by atoms with Crippen molar-refractivity contribution in [3.05, 3.63) is 132 Å². The van der Waals surface area contributed by atoms with E-state index in [0.717, 1.165) is 62.6 Å². The zero-order chi connectivity index (χ0) is 67.9. The molecule has 0 amide bonds. The second kappa shape index (κ2) is 33.4. The van der Waals surface area contributed by atoms with Gasteiger partial charge in [0, 0.05) is 78.6 Å². The predicted octanol–water partition coefficient (Wildman–Crippen LogP) is 16.7. The second-order valence-corrected chi connectivity index (χ2v) is 17.3. The van der Waals surface area contributed by atoms with Crippen molar-refractivity contribution in [3.63, 3.8) is 0 Å². The lowest BCUT2D eigenvalue weighted by atomic mass is 9.96. The van der Waals surface area contributed by atoms with Gasteiger partial charge in [0.2, 0.25) is 6.79 Å². The molecule has 1 aliphatic carbocycles. The first-order valence-electron chi connectivity index (χ1n) is 25.0. The Balaban J connectivity index is 0.000000695. The number of rotatable bonds is 15. The van der Waals surface area contributed by atoms with E-state index in [1.165, 1.54) is 72.8 Å². The Morgan fingerprint density at radius 2 is 0.602 bits per heavy atom. The molecule has 0 N–H and O–H groups in total. The molecule has 0 unspecified atom stereocenters. The van der Waals surface area contributed by atoms with E-state index < -0.39 is 89.2 Å². The van der Waals surface area contributed by atoms with E-state index in [-0.39, 0.29) is 34.1 Å². The van der Waals surface area contributed by atoms with Crippen LogP contribution in [-0.4, -0.2) is 157 Å². The van der Waals surface area contributed by atoms with Crippen molar-refractivity contribution >= 4 is 45.7 Å². The zero-order valence-corrected chi connectivity index (χ0v) is 48.5. The van der Waals surface area contributed by atoms with E-state index in [1.807, 2.05) is 27.9 Å². The summed E-state index contributed by atoms with van der Waals surface area (Å²) in [7, 11) is 10.5. The van der Waals surface area contributed by atoms with Crippen molar-refractivity contribution in [1.82, 2.24) is 0 Å². The summed E-state index contributed by atoms with van der Waals surface area (Å²) in [6.07, 6.45) is -17.5. The molecule has 0 saturated heterocycles. The molecule has 0 spiro atoms. The van der Waals surface area contributed by atoms with Crippen molar-refractivity contribution in [1.29, 1.82) is 0 Å². The van der Waals surface area contributed by atoms with Gasteiger partial charge in [-0.05, 0) is 137 Å². The van der Waals surface area contributed by atoms with Crippen LogP contribution in [0.1, 0.15) is 61.8 Å². The first-order chi connectivity index (χ1) is 40.7. The molecular weight excluding hydrogens is 1220 g/mol. The summed E-state index contributed by atoms with van der Waals surface area (Å²) in [4.78, 5) is 28.5. The summed E-state index contributed by atoms with van der Waals surface area (Å²) < 4.78 is 277. The van der Waals surface area contributed by atoms with E-state index in [2.05, 4.69) is 53.1 Å². The lowest BCUT2D eigenvalue weighted by Gasteiger charge is -2.29. The first-order valence-corrected chi connectivity index (χ1v) is 25.0. The fourth-order valence-corrected chi connectivity index (χ4v) is 7.15. The maximum absolute atomic E-state index is 14.0. The van der Waals surface area contributed by atoms with Crippen LogP contribution < -0.4 is 14.2 Å². The van der Waals surface area contributed by atoms with Crippen molar-refractivity contribution in [2.24, 2.45) is 39.9 Å². The average molecular weight is 1290 g/mol. The Bertz CT molecular complexity index is 2880. The highest BCUT2D eigenvalue weighted by Crippen LogP contribution is 2.49. The highest BCUT2D eigenvalue weighted by atomic mass is 19.4. The van der Waals surface area contributed by atoms with Gasteiger partial charge in [-0.2, -0.15) is 87.8 Å². The maximum Gasteiger partial charge on any atom is 0.460 e. The van der Waals surface area contributed by atoms with Crippen LogP contribution in [0, 0.1) is 0 Å². The third kappa shape index (κ3) is 20.8. The lowest BCUT2D eigenvalue weighted by molar-refractivity contribution is -0.336. The molecule has 486 valence electrons. The minimum Gasteiger partial charge on any atom is -0.458 e. The molecule has 5 rings (SSSR count). The normalized spacial score (nSPS) is 15.6. The molecule has 0 atom stereocenters. The molecule has 1 saturated carbocycles. The summed E-state index contributed by atoms with van der Waals surface area (Å²) in [6, 6.07) is 16.4. The van der Waals surface area contributed by atoms with E-state index in [4.69, 9.17) is 14.2 Å². The third-order valence-electron chi connectivity index (χ3n) is 11.9. The largest absolute Gasteiger partial charge is 0.460 e. The summed E-state index contributed by atoms with van der Waals surface area (Å²) in [5.74, 6) is -24.2. The van der Waals surface area contributed by atoms with E-state index in [0.29, 0.717) is 38.4 Å².